The molecule has 1 unspecified atom stereocenters. The van der Waals surface area contributed by atoms with Gasteiger partial charge in [0.1, 0.15) is 0 Å². The van der Waals surface area contributed by atoms with E-state index in [2.05, 4.69) is 30.0 Å². The van der Waals surface area contributed by atoms with Crippen LogP contribution in [0.5, 0.6) is 0 Å². The summed E-state index contributed by atoms with van der Waals surface area (Å²) in [6.45, 7) is 6.10. The van der Waals surface area contributed by atoms with Gasteiger partial charge in [0.25, 0.3) is 0 Å². The number of fused-ring (bicyclic) bond motifs is 2. The molecule has 0 aromatic heterocycles. The lowest BCUT2D eigenvalue weighted by Gasteiger charge is -2.40. The summed E-state index contributed by atoms with van der Waals surface area (Å²) >= 11 is 0. The van der Waals surface area contributed by atoms with E-state index in [0.717, 1.165) is 5.92 Å². The zero-order valence-electron chi connectivity index (χ0n) is 13.4. The van der Waals surface area contributed by atoms with E-state index in [0.29, 0.717) is 11.5 Å². The molecule has 1 atom stereocenters. The van der Waals surface area contributed by atoms with Crippen LogP contribution in [0.25, 0.3) is 0 Å². The van der Waals surface area contributed by atoms with E-state index < -0.39 is 0 Å². The van der Waals surface area contributed by atoms with E-state index in [9.17, 15) is 0 Å². The highest BCUT2D eigenvalue weighted by Crippen LogP contribution is 2.52. The van der Waals surface area contributed by atoms with Crippen molar-refractivity contribution < 1.29 is 4.74 Å². The first-order valence-corrected chi connectivity index (χ1v) is 8.56. The zero-order valence-corrected chi connectivity index (χ0v) is 13.4. The first-order chi connectivity index (χ1) is 10.2. The van der Waals surface area contributed by atoms with Crippen LogP contribution in [0.2, 0.25) is 0 Å². The normalized spacial score (nSPS) is 28.0. The van der Waals surface area contributed by atoms with E-state index in [1.807, 2.05) is 7.11 Å². The summed E-state index contributed by atoms with van der Waals surface area (Å²) in [5.41, 5.74) is 4.81. The molecule has 1 heterocycles. The quantitative estimate of drug-likeness (QED) is 0.837. The van der Waals surface area contributed by atoms with Crippen LogP contribution < -0.4 is 0 Å². The Labute approximate surface area is 128 Å². The van der Waals surface area contributed by atoms with E-state index in [4.69, 9.17) is 4.74 Å². The maximum absolute atomic E-state index is 5.81. The van der Waals surface area contributed by atoms with Crippen molar-refractivity contribution in [2.45, 2.75) is 50.5 Å². The molecule has 2 heteroatoms. The first-order valence-electron chi connectivity index (χ1n) is 8.56. The molecule has 0 bridgehead atoms. The smallest absolute Gasteiger partial charge is 0.0832 e. The molecular weight excluding hydrogens is 258 g/mol. The Morgan fingerprint density at radius 3 is 2.67 bits per heavy atom. The van der Waals surface area contributed by atoms with Crippen LogP contribution in [-0.2, 0) is 10.2 Å². The second kappa shape index (κ2) is 5.10. The summed E-state index contributed by atoms with van der Waals surface area (Å²) in [4.78, 5) is 2.71. The Morgan fingerprint density at radius 1 is 1.24 bits per heavy atom. The number of rotatable bonds is 3. The predicted molar refractivity (Wildman–Crippen MR) is 85.6 cm³/mol. The standard InChI is InChI=1S/C19H27NO/c1-14-3-6-17-16(11-14)18(21-2)12-19(17)7-9-20(10-8-19)13-15-4-5-15/h3,6,11,15,18H,4-5,7-10,12-13H2,1-2H3. The molecule has 114 valence electrons. The van der Waals surface area contributed by atoms with Gasteiger partial charge in [0.2, 0.25) is 0 Å². The van der Waals surface area contributed by atoms with E-state index >= 15 is 0 Å². The molecule has 1 aromatic carbocycles. The summed E-state index contributed by atoms with van der Waals surface area (Å²) in [5, 5.41) is 0. The highest BCUT2D eigenvalue weighted by Gasteiger charge is 2.45. The summed E-state index contributed by atoms with van der Waals surface area (Å²) in [7, 11) is 1.87. The van der Waals surface area contributed by atoms with Crippen molar-refractivity contribution in [2.24, 2.45) is 5.92 Å². The third-order valence-electron chi connectivity index (χ3n) is 6.01. The summed E-state index contributed by atoms with van der Waals surface area (Å²) in [6.07, 6.45) is 7.07. The fraction of sp³-hybridized carbons (Fsp3) is 0.684. The lowest BCUT2D eigenvalue weighted by molar-refractivity contribution is 0.0692. The molecule has 1 saturated heterocycles. The highest BCUT2D eigenvalue weighted by atomic mass is 16.5. The molecule has 0 radical (unpaired) electrons. The molecule has 1 spiro atoms. The Bertz CT molecular complexity index is 526. The third-order valence-corrected chi connectivity index (χ3v) is 6.01. The second-order valence-corrected chi connectivity index (χ2v) is 7.54. The number of piperidine rings is 1. The van der Waals surface area contributed by atoms with Crippen LogP contribution in [0.1, 0.15) is 54.9 Å². The molecule has 2 aliphatic carbocycles. The number of ether oxygens (including phenoxy) is 1. The fourth-order valence-electron chi connectivity index (χ4n) is 4.52. The van der Waals surface area contributed by atoms with E-state index in [-0.39, 0.29) is 0 Å². The molecule has 4 rings (SSSR count). The fourth-order valence-corrected chi connectivity index (χ4v) is 4.52. The van der Waals surface area contributed by atoms with Crippen LogP contribution in [0.15, 0.2) is 18.2 Å². The summed E-state index contributed by atoms with van der Waals surface area (Å²) < 4.78 is 5.81. The molecule has 0 amide bonds. The number of benzene rings is 1. The van der Waals surface area contributed by atoms with Crippen molar-refractivity contribution in [3.05, 3.63) is 34.9 Å². The topological polar surface area (TPSA) is 12.5 Å². The largest absolute Gasteiger partial charge is 0.377 e. The van der Waals surface area contributed by atoms with Crippen LogP contribution in [0.3, 0.4) is 0 Å². The minimum absolute atomic E-state index is 0.315. The Kier molecular flexibility index (Phi) is 3.35. The van der Waals surface area contributed by atoms with Crippen molar-refractivity contribution in [1.29, 1.82) is 0 Å². The van der Waals surface area contributed by atoms with Gasteiger partial charge in [0.15, 0.2) is 0 Å². The average molecular weight is 285 g/mol. The van der Waals surface area contributed by atoms with Gasteiger partial charge in [-0.2, -0.15) is 0 Å². The van der Waals surface area contributed by atoms with Crippen molar-refractivity contribution in [3.8, 4) is 0 Å². The number of methoxy groups -OCH3 is 1. The van der Waals surface area contributed by atoms with Crippen molar-refractivity contribution >= 4 is 0 Å². The van der Waals surface area contributed by atoms with Crippen molar-refractivity contribution in [3.63, 3.8) is 0 Å². The lowest BCUT2D eigenvalue weighted by atomic mass is 9.73. The number of likely N-dealkylation sites (tertiary alicyclic amines) is 1. The number of aryl methyl sites for hydroxylation is 1. The van der Waals surface area contributed by atoms with Gasteiger partial charge in [-0.3, -0.25) is 0 Å². The monoisotopic (exact) mass is 285 g/mol. The van der Waals surface area contributed by atoms with Gasteiger partial charge >= 0.3 is 0 Å². The van der Waals surface area contributed by atoms with Crippen molar-refractivity contribution in [2.75, 3.05) is 26.7 Å². The van der Waals surface area contributed by atoms with Gasteiger partial charge in [-0.05, 0) is 69.2 Å². The molecule has 2 fully saturated rings. The van der Waals surface area contributed by atoms with Crippen LogP contribution >= 0.6 is 0 Å². The molecule has 0 N–H and O–H groups in total. The number of hydrogen-bond donors (Lipinski definition) is 0. The van der Waals surface area contributed by atoms with Gasteiger partial charge in [-0.15, -0.1) is 0 Å². The minimum atomic E-state index is 0.315. The minimum Gasteiger partial charge on any atom is -0.377 e. The van der Waals surface area contributed by atoms with Gasteiger partial charge < -0.3 is 9.64 Å². The maximum atomic E-state index is 5.81. The molecule has 3 aliphatic rings. The first kappa shape index (κ1) is 13.8. The van der Waals surface area contributed by atoms with Crippen LogP contribution in [-0.4, -0.2) is 31.6 Å². The highest BCUT2D eigenvalue weighted by molar-refractivity contribution is 5.44. The Balaban J connectivity index is 1.56. The second-order valence-electron chi connectivity index (χ2n) is 7.54. The molecular formula is C19H27NO. The molecule has 1 aliphatic heterocycles. The predicted octanol–water partition coefficient (Wildman–Crippen LogP) is 3.83. The molecule has 1 saturated carbocycles. The average Bonchev–Trinajstić information content (AvgIpc) is 3.26. The number of nitrogens with zero attached hydrogens (tertiary/aromatic N) is 1. The van der Waals surface area contributed by atoms with Crippen LogP contribution in [0, 0.1) is 12.8 Å². The molecule has 21 heavy (non-hydrogen) atoms. The summed E-state index contributed by atoms with van der Waals surface area (Å²) in [5.74, 6) is 1.02. The van der Waals surface area contributed by atoms with Gasteiger partial charge in [-0.1, -0.05) is 23.8 Å². The summed E-state index contributed by atoms with van der Waals surface area (Å²) in [6, 6.07) is 7.03. The Morgan fingerprint density at radius 2 is 2.00 bits per heavy atom. The maximum Gasteiger partial charge on any atom is 0.0832 e. The van der Waals surface area contributed by atoms with E-state index in [1.54, 1.807) is 5.56 Å². The van der Waals surface area contributed by atoms with Gasteiger partial charge in [-0.25, -0.2) is 0 Å². The lowest BCUT2D eigenvalue weighted by Crippen LogP contribution is -2.42. The molecule has 2 nitrogen and oxygen atoms in total. The molecule has 1 aromatic rings. The Hall–Kier alpha value is -0.860. The van der Waals surface area contributed by atoms with Crippen LogP contribution in [0.4, 0.5) is 0 Å². The van der Waals surface area contributed by atoms with E-state index in [1.165, 1.54) is 62.9 Å². The zero-order chi connectivity index (χ0) is 14.4. The third kappa shape index (κ3) is 2.43. The van der Waals surface area contributed by atoms with Gasteiger partial charge in [0.05, 0.1) is 6.10 Å². The van der Waals surface area contributed by atoms with Crippen molar-refractivity contribution in [1.82, 2.24) is 4.90 Å². The van der Waals surface area contributed by atoms with Gasteiger partial charge in [0, 0.05) is 19.1 Å². The number of hydrogen-bond acceptors (Lipinski definition) is 2. The SMILES string of the molecule is COC1CC2(CCN(CC3CC3)CC2)c2ccc(C)cc21.